The van der Waals surface area contributed by atoms with Crippen LogP contribution in [0.3, 0.4) is 0 Å². The van der Waals surface area contributed by atoms with E-state index in [-0.39, 0.29) is 11.1 Å². The van der Waals surface area contributed by atoms with Gasteiger partial charge in [-0.1, -0.05) is 15.9 Å². The molecule has 4 nitrogen and oxygen atoms in total. The highest BCUT2D eigenvalue weighted by Crippen LogP contribution is 2.28. The van der Waals surface area contributed by atoms with Gasteiger partial charge in [0.25, 0.3) is 11.1 Å². The molecular formula is C11H11BrN2O2S. The zero-order chi connectivity index (χ0) is 12.4. The molecular weight excluding hydrogens is 304 g/mol. The molecule has 0 aliphatic carbocycles. The van der Waals surface area contributed by atoms with E-state index in [4.69, 9.17) is 0 Å². The average molecular weight is 315 g/mol. The number of nitrogens with zero attached hydrogens (tertiary/aromatic N) is 1. The molecule has 90 valence electrons. The number of benzene rings is 1. The van der Waals surface area contributed by atoms with Crippen LogP contribution in [0.1, 0.15) is 6.92 Å². The second-order valence-electron chi connectivity index (χ2n) is 3.50. The highest BCUT2D eigenvalue weighted by atomic mass is 79.9. The molecule has 0 unspecified atom stereocenters. The van der Waals surface area contributed by atoms with Crippen molar-refractivity contribution in [3.63, 3.8) is 0 Å². The Morgan fingerprint density at radius 2 is 2.00 bits per heavy atom. The van der Waals surface area contributed by atoms with E-state index in [0.717, 1.165) is 21.9 Å². The molecule has 17 heavy (non-hydrogen) atoms. The highest BCUT2D eigenvalue weighted by Gasteiger charge is 2.38. The molecule has 0 aromatic heterocycles. The Morgan fingerprint density at radius 1 is 1.35 bits per heavy atom. The lowest BCUT2D eigenvalue weighted by Gasteiger charge is -2.12. The van der Waals surface area contributed by atoms with Gasteiger partial charge in [-0.3, -0.25) is 14.5 Å². The smallest absolute Gasteiger partial charge is 0.290 e. The van der Waals surface area contributed by atoms with E-state index in [1.807, 2.05) is 24.3 Å². The Labute approximate surface area is 112 Å². The molecule has 6 heteroatoms. The monoisotopic (exact) mass is 314 g/mol. The summed E-state index contributed by atoms with van der Waals surface area (Å²) in [4.78, 5) is 24.6. The van der Waals surface area contributed by atoms with Crippen LogP contribution in [0.4, 0.5) is 10.5 Å². The highest BCUT2D eigenvalue weighted by molar-refractivity contribution is 9.10. The van der Waals surface area contributed by atoms with E-state index >= 15 is 0 Å². The topological polar surface area (TPSA) is 49.4 Å². The second-order valence-corrected chi connectivity index (χ2v) is 5.47. The molecule has 1 aromatic carbocycles. The number of imide groups is 1. The molecule has 1 aromatic rings. The summed E-state index contributed by atoms with van der Waals surface area (Å²) in [5.74, 6) is -0.176. The zero-order valence-electron chi connectivity index (χ0n) is 9.14. The Balaban J connectivity index is 2.08. The maximum absolute atomic E-state index is 11.8. The summed E-state index contributed by atoms with van der Waals surface area (Å²) in [7, 11) is 0. The van der Waals surface area contributed by atoms with Crippen LogP contribution in [0, 0.1) is 0 Å². The number of hydrogen-bond donors (Lipinski definition) is 1. The first-order valence-corrected chi connectivity index (χ1v) is 6.83. The minimum absolute atomic E-state index is 0.176. The summed E-state index contributed by atoms with van der Waals surface area (Å²) in [5.41, 5.74) is 0.824. The number of carbonyl (C=O) groups excluding carboxylic acids is 2. The van der Waals surface area contributed by atoms with Gasteiger partial charge in [0.05, 0.1) is 0 Å². The second kappa shape index (κ2) is 5.10. The lowest BCUT2D eigenvalue weighted by atomic mass is 10.3. The van der Waals surface area contributed by atoms with Gasteiger partial charge in [-0.15, -0.1) is 0 Å². The van der Waals surface area contributed by atoms with Crippen molar-refractivity contribution in [1.29, 1.82) is 0 Å². The van der Waals surface area contributed by atoms with Crippen molar-refractivity contribution in [2.75, 3.05) is 11.9 Å². The van der Waals surface area contributed by atoms with Crippen LogP contribution in [-0.4, -0.2) is 28.0 Å². The predicted octanol–water partition coefficient (Wildman–Crippen LogP) is 2.90. The standard InChI is InChI=1S/C11H11BrN2O2S/c1-2-14-10(15)9(17-11(14)16)13-8-5-3-7(12)4-6-8/h3-6,9,13H,2H2,1H3/t9-/m1/s1. The van der Waals surface area contributed by atoms with Crippen LogP contribution in [0.25, 0.3) is 0 Å². The van der Waals surface area contributed by atoms with Crippen molar-refractivity contribution >= 4 is 44.5 Å². The van der Waals surface area contributed by atoms with Gasteiger partial charge in [0, 0.05) is 16.7 Å². The van der Waals surface area contributed by atoms with Crippen molar-refractivity contribution in [1.82, 2.24) is 4.90 Å². The third-order valence-electron chi connectivity index (χ3n) is 2.39. The lowest BCUT2D eigenvalue weighted by Crippen LogP contribution is -2.34. The summed E-state index contributed by atoms with van der Waals surface area (Å²) < 4.78 is 0.972. The first kappa shape index (κ1) is 12.4. The number of thioether (sulfide) groups is 1. The van der Waals surface area contributed by atoms with E-state index in [2.05, 4.69) is 21.2 Å². The van der Waals surface area contributed by atoms with Crippen LogP contribution in [-0.2, 0) is 4.79 Å². The van der Waals surface area contributed by atoms with Crippen LogP contribution >= 0.6 is 27.7 Å². The Bertz CT molecular complexity index is 449. The van der Waals surface area contributed by atoms with Gasteiger partial charge in [-0.05, 0) is 43.0 Å². The molecule has 1 saturated heterocycles. The number of hydrogen-bond acceptors (Lipinski definition) is 4. The quantitative estimate of drug-likeness (QED) is 0.932. The van der Waals surface area contributed by atoms with E-state index in [9.17, 15) is 9.59 Å². The summed E-state index contributed by atoms with van der Waals surface area (Å²) in [6, 6.07) is 7.48. The third kappa shape index (κ3) is 2.63. The number of rotatable bonds is 3. The number of amides is 2. The van der Waals surface area contributed by atoms with Crippen molar-refractivity contribution < 1.29 is 9.59 Å². The molecule has 1 heterocycles. The number of anilines is 1. The van der Waals surface area contributed by atoms with Crippen LogP contribution in [0.2, 0.25) is 0 Å². The molecule has 1 atom stereocenters. The van der Waals surface area contributed by atoms with Crippen molar-refractivity contribution in [3.8, 4) is 0 Å². The van der Waals surface area contributed by atoms with Gasteiger partial charge in [-0.2, -0.15) is 0 Å². The summed E-state index contributed by atoms with van der Waals surface area (Å²) in [5, 5.41) is 2.34. The molecule has 0 radical (unpaired) electrons. The van der Waals surface area contributed by atoms with Gasteiger partial charge < -0.3 is 5.32 Å². The fraction of sp³-hybridized carbons (Fsp3) is 0.273. The molecule has 0 saturated carbocycles. The lowest BCUT2D eigenvalue weighted by molar-refractivity contribution is -0.126. The van der Waals surface area contributed by atoms with E-state index in [0.29, 0.717) is 6.54 Å². The van der Waals surface area contributed by atoms with Crippen LogP contribution < -0.4 is 5.32 Å². The molecule has 2 amide bonds. The molecule has 1 fully saturated rings. The average Bonchev–Trinajstić information content (AvgIpc) is 2.57. The third-order valence-corrected chi connectivity index (χ3v) is 3.89. The largest absolute Gasteiger partial charge is 0.365 e. The Hall–Kier alpha value is -1.01. The normalized spacial score (nSPS) is 19.9. The maximum atomic E-state index is 11.8. The van der Waals surface area contributed by atoms with Gasteiger partial charge in [0.1, 0.15) is 0 Å². The molecule has 0 bridgehead atoms. The fourth-order valence-corrected chi connectivity index (χ4v) is 2.76. The van der Waals surface area contributed by atoms with Gasteiger partial charge in [0.15, 0.2) is 5.37 Å². The molecule has 2 rings (SSSR count). The van der Waals surface area contributed by atoms with Crippen molar-refractivity contribution in [3.05, 3.63) is 28.7 Å². The van der Waals surface area contributed by atoms with Gasteiger partial charge in [-0.25, -0.2) is 0 Å². The summed E-state index contributed by atoms with van der Waals surface area (Å²) in [6.07, 6.45) is 0. The Morgan fingerprint density at radius 3 is 2.53 bits per heavy atom. The first-order valence-electron chi connectivity index (χ1n) is 5.16. The molecule has 1 N–H and O–H groups in total. The maximum Gasteiger partial charge on any atom is 0.290 e. The van der Waals surface area contributed by atoms with Gasteiger partial charge in [0.2, 0.25) is 0 Å². The Kier molecular flexibility index (Phi) is 3.73. The minimum Gasteiger partial charge on any atom is -0.365 e. The molecule has 0 spiro atoms. The predicted molar refractivity (Wildman–Crippen MR) is 71.9 cm³/mol. The first-order chi connectivity index (χ1) is 8.11. The number of likely N-dealkylation sites (N-methyl/N-ethyl adjacent to an activating group) is 1. The van der Waals surface area contributed by atoms with E-state index in [1.165, 1.54) is 4.90 Å². The van der Waals surface area contributed by atoms with Crippen LogP contribution in [0.5, 0.6) is 0 Å². The van der Waals surface area contributed by atoms with E-state index in [1.54, 1.807) is 6.92 Å². The molecule has 1 aliphatic rings. The fourth-order valence-electron chi connectivity index (χ4n) is 1.52. The minimum atomic E-state index is -0.511. The SMILES string of the molecule is CCN1C(=O)S[C@@H](Nc2ccc(Br)cc2)C1=O. The zero-order valence-corrected chi connectivity index (χ0v) is 11.5. The summed E-state index contributed by atoms with van der Waals surface area (Å²) in [6.45, 7) is 2.21. The van der Waals surface area contributed by atoms with Gasteiger partial charge >= 0.3 is 0 Å². The number of halogens is 1. The number of nitrogens with one attached hydrogen (secondary N) is 1. The summed E-state index contributed by atoms with van der Waals surface area (Å²) >= 11 is 4.36. The van der Waals surface area contributed by atoms with Crippen molar-refractivity contribution in [2.24, 2.45) is 0 Å². The van der Waals surface area contributed by atoms with Crippen molar-refractivity contribution in [2.45, 2.75) is 12.3 Å². The number of carbonyl (C=O) groups is 2. The van der Waals surface area contributed by atoms with E-state index < -0.39 is 5.37 Å². The van der Waals surface area contributed by atoms with Crippen LogP contribution in [0.15, 0.2) is 28.7 Å². The molecule has 1 aliphatic heterocycles.